The van der Waals surface area contributed by atoms with Gasteiger partial charge in [0.1, 0.15) is 5.75 Å². The predicted molar refractivity (Wildman–Crippen MR) is 106 cm³/mol. The Kier molecular flexibility index (Phi) is 5.24. The van der Waals surface area contributed by atoms with Crippen LogP contribution in [0.4, 0.5) is 18.9 Å². The van der Waals surface area contributed by atoms with E-state index in [1.54, 1.807) is 6.07 Å². The highest BCUT2D eigenvalue weighted by molar-refractivity contribution is 6.05. The molecule has 1 amide bonds. The van der Waals surface area contributed by atoms with E-state index >= 15 is 0 Å². The number of amides is 1. The maximum absolute atomic E-state index is 12.9. The summed E-state index contributed by atoms with van der Waals surface area (Å²) in [6.45, 7) is 0.199. The molecule has 8 heteroatoms. The molecule has 0 spiro atoms. The number of hydrogen-bond donors (Lipinski definition) is 2. The predicted octanol–water partition coefficient (Wildman–Crippen LogP) is 4.83. The lowest BCUT2D eigenvalue weighted by atomic mass is 9.89. The molecule has 4 rings (SSSR count). The van der Waals surface area contributed by atoms with Crippen LogP contribution in [0.1, 0.15) is 35.1 Å². The summed E-state index contributed by atoms with van der Waals surface area (Å²) in [5.74, 6) is -0.254. The number of hydrogen-bond acceptors (Lipinski definition) is 4. The Morgan fingerprint density at radius 3 is 2.77 bits per heavy atom. The number of nitrogens with zero attached hydrogens (tertiary/aromatic N) is 1. The lowest BCUT2D eigenvalue weighted by Gasteiger charge is -2.22. The van der Waals surface area contributed by atoms with Crippen LogP contribution in [0.3, 0.4) is 0 Å². The first kappa shape index (κ1) is 20.0. The van der Waals surface area contributed by atoms with Gasteiger partial charge in [-0.1, -0.05) is 23.4 Å². The third-order valence-corrected chi connectivity index (χ3v) is 5.33. The molecule has 0 bridgehead atoms. The van der Waals surface area contributed by atoms with Crippen LogP contribution in [0.5, 0.6) is 5.75 Å². The van der Waals surface area contributed by atoms with Gasteiger partial charge in [-0.2, -0.15) is 13.2 Å². The topological polar surface area (TPSA) is 70.9 Å². The average molecular weight is 416 g/mol. The Morgan fingerprint density at radius 1 is 1.17 bits per heavy atom. The number of benzene rings is 2. The van der Waals surface area contributed by atoms with Gasteiger partial charge in [0.15, 0.2) is 0 Å². The summed E-state index contributed by atoms with van der Waals surface area (Å²) in [7, 11) is 0. The van der Waals surface area contributed by atoms with Crippen LogP contribution < -0.4 is 10.1 Å². The van der Waals surface area contributed by atoms with Crippen LogP contribution in [0.2, 0.25) is 0 Å². The summed E-state index contributed by atoms with van der Waals surface area (Å²) < 4.78 is 44.2. The Bertz CT molecular complexity index is 1060. The van der Waals surface area contributed by atoms with E-state index in [4.69, 9.17) is 9.94 Å². The fraction of sp³-hybridized carbons (Fsp3) is 0.273. The van der Waals surface area contributed by atoms with E-state index in [0.29, 0.717) is 41.8 Å². The van der Waals surface area contributed by atoms with Crippen LogP contribution in [-0.2, 0) is 23.8 Å². The summed E-state index contributed by atoms with van der Waals surface area (Å²) in [5.41, 5.74) is 3.59. The second-order valence-electron chi connectivity index (χ2n) is 7.25. The van der Waals surface area contributed by atoms with E-state index < -0.39 is 11.7 Å². The highest BCUT2D eigenvalue weighted by Crippen LogP contribution is 2.38. The van der Waals surface area contributed by atoms with Crippen molar-refractivity contribution in [2.75, 3.05) is 11.9 Å². The van der Waals surface area contributed by atoms with Gasteiger partial charge in [0.05, 0.1) is 17.9 Å². The third kappa shape index (κ3) is 4.03. The van der Waals surface area contributed by atoms with Crippen LogP contribution >= 0.6 is 0 Å². The molecule has 1 heterocycles. The first-order chi connectivity index (χ1) is 14.3. The summed E-state index contributed by atoms with van der Waals surface area (Å²) >= 11 is 0. The maximum atomic E-state index is 12.9. The van der Waals surface area contributed by atoms with Crippen molar-refractivity contribution < 1.29 is 27.9 Å². The van der Waals surface area contributed by atoms with Gasteiger partial charge in [-0.15, -0.1) is 0 Å². The zero-order valence-electron chi connectivity index (χ0n) is 15.9. The SMILES string of the molecule is O=C(C=C1CCOc2cc(C(F)(F)F)ccc21)Nc1cccc2c1CC(=NO)CC2. The normalized spacial score (nSPS) is 18.5. The van der Waals surface area contributed by atoms with Crippen molar-refractivity contribution in [3.8, 4) is 5.75 Å². The summed E-state index contributed by atoms with van der Waals surface area (Å²) in [6, 6.07) is 8.90. The van der Waals surface area contributed by atoms with Gasteiger partial charge in [0.25, 0.3) is 0 Å². The molecule has 2 aromatic carbocycles. The largest absolute Gasteiger partial charge is 0.493 e. The van der Waals surface area contributed by atoms with E-state index in [0.717, 1.165) is 29.7 Å². The van der Waals surface area contributed by atoms with Gasteiger partial charge in [0, 0.05) is 30.2 Å². The van der Waals surface area contributed by atoms with Crippen molar-refractivity contribution in [1.29, 1.82) is 0 Å². The molecule has 0 unspecified atom stereocenters. The fourth-order valence-electron chi connectivity index (χ4n) is 3.82. The molecule has 0 fully saturated rings. The molecule has 0 atom stereocenters. The zero-order valence-corrected chi connectivity index (χ0v) is 15.9. The van der Waals surface area contributed by atoms with Gasteiger partial charge in [-0.25, -0.2) is 0 Å². The molecule has 2 N–H and O–H groups in total. The molecule has 5 nitrogen and oxygen atoms in total. The Hall–Kier alpha value is -3.29. The number of carbonyl (C=O) groups excluding carboxylic acids is 1. The van der Waals surface area contributed by atoms with E-state index in [-0.39, 0.29) is 18.3 Å². The van der Waals surface area contributed by atoms with Crippen molar-refractivity contribution >= 4 is 22.9 Å². The van der Waals surface area contributed by atoms with Crippen LogP contribution in [0.25, 0.3) is 5.57 Å². The first-order valence-corrected chi connectivity index (χ1v) is 9.51. The zero-order chi connectivity index (χ0) is 21.3. The number of aryl methyl sites for hydroxylation is 1. The number of fused-ring (bicyclic) bond motifs is 2. The van der Waals surface area contributed by atoms with Crippen LogP contribution in [-0.4, -0.2) is 23.4 Å². The van der Waals surface area contributed by atoms with Crippen molar-refractivity contribution in [3.63, 3.8) is 0 Å². The van der Waals surface area contributed by atoms with E-state index in [2.05, 4.69) is 10.5 Å². The highest BCUT2D eigenvalue weighted by atomic mass is 19.4. The van der Waals surface area contributed by atoms with Gasteiger partial charge >= 0.3 is 6.18 Å². The molecule has 1 aliphatic heterocycles. The molecule has 2 aromatic rings. The first-order valence-electron chi connectivity index (χ1n) is 9.51. The van der Waals surface area contributed by atoms with Gasteiger partial charge in [-0.05, 0) is 47.7 Å². The summed E-state index contributed by atoms with van der Waals surface area (Å²) in [4.78, 5) is 12.7. The van der Waals surface area contributed by atoms with E-state index in [9.17, 15) is 18.0 Å². The molecular formula is C22H19F3N2O3. The number of carbonyl (C=O) groups is 1. The third-order valence-electron chi connectivity index (χ3n) is 5.33. The molecule has 0 saturated heterocycles. The minimum atomic E-state index is -4.46. The Labute approximate surface area is 170 Å². The Balaban J connectivity index is 1.59. The monoisotopic (exact) mass is 416 g/mol. The van der Waals surface area contributed by atoms with Gasteiger partial charge in [-0.3, -0.25) is 4.79 Å². The summed E-state index contributed by atoms with van der Waals surface area (Å²) in [6.07, 6.45) is -0.790. The van der Waals surface area contributed by atoms with Crippen LogP contribution in [0.15, 0.2) is 47.6 Å². The van der Waals surface area contributed by atoms with E-state index in [1.807, 2.05) is 12.1 Å². The molecule has 1 aliphatic carbocycles. The van der Waals surface area contributed by atoms with Crippen molar-refractivity contribution in [2.24, 2.45) is 5.16 Å². The van der Waals surface area contributed by atoms with Crippen molar-refractivity contribution in [2.45, 2.75) is 31.9 Å². The lowest BCUT2D eigenvalue weighted by molar-refractivity contribution is -0.137. The molecule has 2 aliphatic rings. The smallest absolute Gasteiger partial charge is 0.416 e. The van der Waals surface area contributed by atoms with E-state index in [1.165, 1.54) is 12.1 Å². The lowest BCUT2D eigenvalue weighted by Crippen LogP contribution is -2.18. The Morgan fingerprint density at radius 2 is 2.00 bits per heavy atom. The fourth-order valence-corrected chi connectivity index (χ4v) is 3.82. The highest BCUT2D eigenvalue weighted by Gasteiger charge is 2.32. The van der Waals surface area contributed by atoms with Crippen molar-refractivity contribution in [1.82, 2.24) is 0 Å². The molecule has 156 valence electrons. The minimum absolute atomic E-state index is 0.121. The van der Waals surface area contributed by atoms with Crippen molar-refractivity contribution in [3.05, 3.63) is 64.7 Å². The molecule has 0 aromatic heterocycles. The number of rotatable bonds is 2. The van der Waals surface area contributed by atoms with Gasteiger partial charge < -0.3 is 15.3 Å². The summed E-state index contributed by atoms with van der Waals surface area (Å²) in [5, 5.41) is 15.2. The molecule has 0 saturated carbocycles. The van der Waals surface area contributed by atoms with Crippen LogP contribution in [0, 0.1) is 0 Å². The quantitative estimate of drug-likeness (QED) is 0.419. The number of ether oxygens (including phenoxy) is 1. The van der Waals surface area contributed by atoms with Gasteiger partial charge in [0.2, 0.25) is 5.91 Å². The number of nitrogens with one attached hydrogen (secondary N) is 1. The number of alkyl halides is 3. The number of anilines is 1. The maximum Gasteiger partial charge on any atom is 0.416 e. The number of oxime groups is 1. The molecular weight excluding hydrogens is 397 g/mol. The molecule has 30 heavy (non-hydrogen) atoms. The average Bonchev–Trinajstić information content (AvgIpc) is 2.73. The second-order valence-corrected chi connectivity index (χ2v) is 7.25. The standard InChI is InChI=1S/C22H19F3N2O3/c23-22(24,25)15-5-7-17-14(8-9-30-20(17)11-15)10-21(28)26-19-3-1-2-13-4-6-16(27-29)12-18(13)19/h1-3,5,7,10-11,29H,4,6,8-9,12H2,(H,26,28). The number of halogens is 3. The molecule has 0 radical (unpaired) electrons. The second kappa shape index (κ2) is 7.85. The minimum Gasteiger partial charge on any atom is -0.493 e.